The van der Waals surface area contributed by atoms with Crippen LogP contribution in [0.2, 0.25) is 0 Å². The molecule has 0 saturated carbocycles. The molecule has 0 radical (unpaired) electrons. The summed E-state index contributed by atoms with van der Waals surface area (Å²) in [6.07, 6.45) is 64.8. The van der Waals surface area contributed by atoms with Gasteiger partial charge in [0.1, 0.15) is 0 Å². The first-order chi connectivity index (χ1) is 33.0. The molecule has 0 aromatic rings. The summed E-state index contributed by atoms with van der Waals surface area (Å²) in [6, 6.07) is 0. The highest BCUT2D eigenvalue weighted by Gasteiger charge is 2.10. The first-order valence-electron chi connectivity index (χ1n) is 29.5. The molecule has 7 heteroatoms. The largest absolute Gasteiger partial charge is 0.355 e. The zero-order chi connectivity index (χ0) is 48.6. The molecule has 67 heavy (non-hydrogen) atoms. The van der Waals surface area contributed by atoms with E-state index in [1.165, 1.54) is 212 Å². The molecule has 3 amide bonds. The molecule has 0 heterocycles. The van der Waals surface area contributed by atoms with Gasteiger partial charge in [0.05, 0.1) is 0 Å². The second kappa shape index (κ2) is 56.2. The highest BCUT2D eigenvalue weighted by Crippen LogP contribution is 2.13. The lowest BCUT2D eigenvalue weighted by molar-refractivity contribution is -0.121. The van der Waals surface area contributed by atoms with Crippen LogP contribution in [0.1, 0.15) is 290 Å². The Morgan fingerprint density at radius 2 is 0.478 bits per heavy atom. The molecular weight excluding hydrogens is 825 g/mol. The van der Waals surface area contributed by atoms with Crippen molar-refractivity contribution in [1.82, 2.24) is 20.9 Å². The molecule has 0 aliphatic rings. The number of amides is 3. The maximum absolute atomic E-state index is 12.7. The Kier molecular flexibility index (Phi) is 54.2. The van der Waals surface area contributed by atoms with Gasteiger partial charge in [-0.25, -0.2) is 0 Å². The van der Waals surface area contributed by atoms with Gasteiger partial charge in [0, 0.05) is 58.5 Å². The van der Waals surface area contributed by atoms with Gasteiger partial charge in [-0.2, -0.15) is 0 Å². The molecule has 7 nitrogen and oxygen atoms in total. The van der Waals surface area contributed by atoms with Crippen molar-refractivity contribution >= 4 is 17.7 Å². The van der Waals surface area contributed by atoms with Crippen molar-refractivity contribution < 1.29 is 14.4 Å². The summed E-state index contributed by atoms with van der Waals surface area (Å²) in [5.41, 5.74) is 0. The minimum absolute atomic E-state index is 0.124. The van der Waals surface area contributed by atoms with Crippen LogP contribution in [0, 0.1) is 0 Å². The van der Waals surface area contributed by atoms with Crippen molar-refractivity contribution in [3.05, 3.63) is 36.5 Å². The van der Waals surface area contributed by atoms with Gasteiger partial charge in [-0.05, 0) is 96.3 Å². The quantitative estimate of drug-likeness (QED) is 0.0419. The molecule has 0 bridgehead atoms. The average molecular weight is 940 g/mol. The summed E-state index contributed by atoms with van der Waals surface area (Å²) in [5, 5.41) is 9.40. The molecule has 3 N–H and O–H groups in total. The fourth-order valence-corrected chi connectivity index (χ4v) is 8.73. The molecule has 0 aliphatic carbocycles. The first kappa shape index (κ1) is 64.6. The van der Waals surface area contributed by atoms with Crippen LogP contribution in [0.3, 0.4) is 0 Å². The lowest BCUT2D eigenvalue weighted by atomic mass is 10.1. The summed E-state index contributed by atoms with van der Waals surface area (Å²) in [5.74, 6) is 0.373. The van der Waals surface area contributed by atoms with Gasteiger partial charge in [-0.3, -0.25) is 19.3 Å². The molecule has 0 rings (SSSR count). The van der Waals surface area contributed by atoms with E-state index in [0.29, 0.717) is 58.5 Å². The Hall–Kier alpha value is -2.41. The van der Waals surface area contributed by atoms with Crippen LogP contribution in [0.4, 0.5) is 0 Å². The number of carbonyl (C=O) groups excluding carboxylic acids is 3. The topological polar surface area (TPSA) is 90.5 Å². The van der Waals surface area contributed by atoms with E-state index in [4.69, 9.17) is 0 Å². The number of carbonyl (C=O) groups is 3. The third kappa shape index (κ3) is 54.4. The minimum Gasteiger partial charge on any atom is -0.355 e. The number of hydrogen-bond acceptors (Lipinski definition) is 4. The molecule has 0 spiro atoms. The van der Waals surface area contributed by atoms with Crippen molar-refractivity contribution in [1.29, 1.82) is 0 Å². The fourth-order valence-electron chi connectivity index (χ4n) is 8.73. The summed E-state index contributed by atoms with van der Waals surface area (Å²) in [7, 11) is 0. The second-order valence-electron chi connectivity index (χ2n) is 19.9. The third-order valence-corrected chi connectivity index (χ3v) is 13.2. The standard InChI is InChI=1S/C60H114N4O3/c1-4-7-10-13-16-19-22-25-28-31-34-37-40-43-46-49-58(65)61-52-55-64(56-53-62-59(66)50-47-44-41-38-35-32-29-26-23-20-17-14-11-8-5-2)57-54-63-60(67)51-48-45-42-39-36-33-30-27-24-21-18-15-12-9-6-3/h25-30H,4-24,31-57H2,1-3H3,(H,61,65)(H,62,66)(H,63,67)/b28-25+,29-26+,30-27+. The number of allylic oxidation sites excluding steroid dienone is 6. The van der Waals surface area contributed by atoms with E-state index < -0.39 is 0 Å². The summed E-state index contributed by atoms with van der Waals surface area (Å²) in [4.78, 5) is 40.3. The van der Waals surface area contributed by atoms with Crippen molar-refractivity contribution in [3.8, 4) is 0 Å². The Morgan fingerprint density at radius 3 is 0.701 bits per heavy atom. The lowest BCUT2D eigenvalue weighted by Gasteiger charge is -2.23. The van der Waals surface area contributed by atoms with Crippen molar-refractivity contribution in [2.24, 2.45) is 0 Å². The Morgan fingerprint density at radius 1 is 0.284 bits per heavy atom. The third-order valence-electron chi connectivity index (χ3n) is 13.2. The van der Waals surface area contributed by atoms with E-state index in [1.54, 1.807) is 0 Å². The van der Waals surface area contributed by atoms with Gasteiger partial charge in [0.15, 0.2) is 0 Å². The van der Waals surface area contributed by atoms with Crippen LogP contribution < -0.4 is 16.0 Å². The van der Waals surface area contributed by atoms with Crippen LogP contribution in [0.25, 0.3) is 0 Å². The normalized spacial score (nSPS) is 11.8. The summed E-state index contributed by atoms with van der Waals surface area (Å²) >= 11 is 0. The van der Waals surface area contributed by atoms with Gasteiger partial charge >= 0.3 is 0 Å². The lowest BCUT2D eigenvalue weighted by Crippen LogP contribution is -2.43. The smallest absolute Gasteiger partial charge is 0.220 e. The molecule has 0 aromatic carbocycles. The highest BCUT2D eigenvalue weighted by molar-refractivity contribution is 5.76. The van der Waals surface area contributed by atoms with Crippen LogP contribution in [0.5, 0.6) is 0 Å². The Labute approximate surface area is 417 Å². The fraction of sp³-hybridized carbons (Fsp3) is 0.850. The van der Waals surface area contributed by atoms with E-state index in [9.17, 15) is 14.4 Å². The molecule has 0 unspecified atom stereocenters. The first-order valence-corrected chi connectivity index (χ1v) is 29.5. The monoisotopic (exact) mass is 939 g/mol. The molecule has 0 aliphatic heterocycles. The summed E-state index contributed by atoms with van der Waals surface area (Å²) < 4.78 is 0. The van der Waals surface area contributed by atoms with Crippen LogP contribution in [-0.2, 0) is 14.4 Å². The van der Waals surface area contributed by atoms with E-state index in [-0.39, 0.29) is 17.7 Å². The molecule has 392 valence electrons. The number of unbranched alkanes of at least 4 members (excludes halogenated alkanes) is 33. The zero-order valence-electron chi connectivity index (χ0n) is 45.1. The Bertz CT molecular complexity index is 998. The zero-order valence-corrected chi connectivity index (χ0v) is 45.1. The van der Waals surface area contributed by atoms with Gasteiger partial charge in [-0.1, -0.05) is 211 Å². The molecule has 0 fully saturated rings. The average Bonchev–Trinajstić information content (AvgIpc) is 3.32. The van der Waals surface area contributed by atoms with Crippen LogP contribution in [0.15, 0.2) is 36.5 Å². The van der Waals surface area contributed by atoms with Crippen molar-refractivity contribution in [2.45, 2.75) is 290 Å². The van der Waals surface area contributed by atoms with Gasteiger partial charge in [-0.15, -0.1) is 0 Å². The molecule has 0 atom stereocenters. The number of rotatable bonds is 54. The van der Waals surface area contributed by atoms with Gasteiger partial charge in [0.2, 0.25) is 17.7 Å². The van der Waals surface area contributed by atoms with Gasteiger partial charge < -0.3 is 16.0 Å². The Balaban J connectivity index is 4.35. The van der Waals surface area contributed by atoms with Gasteiger partial charge in [0.25, 0.3) is 0 Å². The minimum atomic E-state index is 0.124. The molecular formula is C60H114N4O3. The van der Waals surface area contributed by atoms with E-state index >= 15 is 0 Å². The van der Waals surface area contributed by atoms with Crippen molar-refractivity contribution in [2.75, 3.05) is 39.3 Å². The van der Waals surface area contributed by atoms with E-state index in [2.05, 4.69) is 78.1 Å². The number of hydrogen-bond donors (Lipinski definition) is 3. The summed E-state index contributed by atoms with van der Waals surface area (Å²) in [6.45, 7) is 10.7. The highest BCUT2D eigenvalue weighted by atomic mass is 16.2. The van der Waals surface area contributed by atoms with Crippen molar-refractivity contribution in [3.63, 3.8) is 0 Å². The number of nitrogens with zero attached hydrogens (tertiary/aromatic N) is 1. The van der Waals surface area contributed by atoms with E-state index in [1.807, 2.05) is 0 Å². The number of nitrogens with one attached hydrogen (secondary N) is 3. The predicted molar refractivity (Wildman–Crippen MR) is 294 cm³/mol. The molecule has 0 aromatic heterocycles. The predicted octanol–water partition coefficient (Wildman–Crippen LogP) is 16.7. The maximum atomic E-state index is 12.7. The van der Waals surface area contributed by atoms with Crippen LogP contribution >= 0.6 is 0 Å². The molecule has 0 saturated heterocycles. The SMILES string of the molecule is CCCCCCCC/C=C/CCCCCCCC(=O)NCCN(CCNC(=O)CCCCCCC/C=C/CCCCCCCC)CCNC(=O)CCCCCCC/C=C/CCCCCCCC. The van der Waals surface area contributed by atoms with E-state index in [0.717, 1.165) is 38.5 Å². The van der Waals surface area contributed by atoms with Crippen LogP contribution in [-0.4, -0.2) is 61.9 Å². The second-order valence-corrected chi connectivity index (χ2v) is 19.9. The maximum Gasteiger partial charge on any atom is 0.220 e.